The molecule has 9 heteroatoms. The Morgan fingerprint density at radius 2 is 2.04 bits per heavy atom. The molecule has 0 saturated carbocycles. The van der Waals surface area contributed by atoms with Gasteiger partial charge in [0.1, 0.15) is 6.04 Å². The Kier molecular flexibility index (Phi) is 4.64. The third-order valence-electron chi connectivity index (χ3n) is 3.57. The number of pyridine rings is 2. The van der Waals surface area contributed by atoms with Crippen LogP contribution in [0.4, 0.5) is 11.5 Å². The van der Waals surface area contributed by atoms with E-state index in [0.717, 1.165) is 5.56 Å². The molecule has 3 aromatic rings. The number of aromatic nitrogens is 4. The summed E-state index contributed by atoms with van der Waals surface area (Å²) in [5.74, 6) is 0.927. The highest BCUT2D eigenvalue weighted by Gasteiger charge is 2.26. The Morgan fingerprint density at radius 3 is 2.72 bits per heavy atom. The third kappa shape index (κ3) is 3.60. The molecule has 3 aromatic heterocycles. The van der Waals surface area contributed by atoms with Crippen molar-refractivity contribution in [2.75, 3.05) is 5.32 Å². The van der Waals surface area contributed by atoms with Gasteiger partial charge in [0.2, 0.25) is 17.5 Å². The number of nitrogens with zero attached hydrogens (tertiary/aromatic N) is 5. The third-order valence-corrected chi connectivity index (χ3v) is 3.57. The maximum absolute atomic E-state index is 11.2. The quantitative estimate of drug-likeness (QED) is 0.536. The maximum atomic E-state index is 11.2. The van der Waals surface area contributed by atoms with Crippen LogP contribution in [-0.4, -0.2) is 25.0 Å². The second-order valence-corrected chi connectivity index (χ2v) is 5.69. The fourth-order valence-electron chi connectivity index (χ4n) is 2.29. The van der Waals surface area contributed by atoms with Crippen molar-refractivity contribution in [1.82, 2.24) is 20.1 Å². The van der Waals surface area contributed by atoms with Crippen LogP contribution in [0.25, 0.3) is 11.4 Å². The van der Waals surface area contributed by atoms with Crippen LogP contribution in [0.15, 0.2) is 47.4 Å². The summed E-state index contributed by atoms with van der Waals surface area (Å²) in [6, 6.07) is 6.08. The molecule has 3 heterocycles. The number of nitrogens with one attached hydrogen (secondary N) is 1. The zero-order chi connectivity index (χ0) is 17.8. The van der Waals surface area contributed by atoms with E-state index in [1.165, 1.54) is 18.3 Å². The van der Waals surface area contributed by atoms with Gasteiger partial charge in [0.25, 0.3) is 0 Å². The average molecular weight is 340 g/mol. The molecule has 9 nitrogen and oxygen atoms in total. The first-order valence-electron chi connectivity index (χ1n) is 7.66. The molecular formula is C16H16N6O3. The van der Waals surface area contributed by atoms with Crippen LogP contribution in [0.3, 0.4) is 0 Å². The summed E-state index contributed by atoms with van der Waals surface area (Å²) in [6.07, 6.45) is 4.78. The van der Waals surface area contributed by atoms with E-state index >= 15 is 0 Å². The molecule has 0 radical (unpaired) electrons. The van der Waals surface area contributed by atoms with E-state index in [0.29, 0.717) is 11.7 Å². The number of anilines is 1. The lowest BCUT2D eigenvalue weighted by Crippen LogP contribution is -2.18. The summed E-state index contributed by atoms with van der Waals surface area (Å²) in [7, 11) is 0. The summed E-state index contributed by atoms with van der Waals surface area (Å²) in [5, 5.41) is 18.2. The highest BCUT2D eigenvalue weighted by atomic mass is 16.6. The van der Waals surface area contributed by atoms with Gasteiger partial charge in [0.15, 0.2) is 0 Å². The zero-order valence-corrected chi connectivity index (χ0v) is 13.7. The van der Waals surface area contributed by atoms with Crippen molar-refractivity contribution in [3.8, 4) is 11.4 Å². The van der Waals surface area contributed by atoms with Gasteiger partial charge in [-0.25, -0.2) is 4.98 Å². The highest BCUT2D eigenvalue weighted by molar-refractivity contribution is 5.56. The summed E-state index contributed by atoms with van der Waals surface area (Å²) in [5.41, 5.74) is 0.615. The Bertz CT molecular complexity index is 865. The van der Waals surface area contributed by atoms with Gasteiger partial charge >= 0.3 is 5.69 Å². The van der Waals surface area contributed by atoms with Crippen molar-refractivity contribution in [3.63, 3.8) is 0 Å². The number of hydrogen-bond donors (Lipinski definition) is 1. The molecule has 3 rings (SSSR count). The minimum absolute atomic E-state index is 0.0313. The predicted molar refractivity (Wildman–Crippen MR) is 89.6 cm³/mol. The second kappa shape index (κ2) is 7.04. The number of hydrogen-bond acceptors (Lipinski definition) is 8. The summed E-state index contributed by atoms with van der Waals surface area (Å²) in [6.45, 7) is 3.89. The molecule has 0 spiro atoms. The van der Waals surface area contributed by atoms with Crippen molar-refractivity contribution in [3.05, 3.63) is 58.9 Å². The molecule has 0 aliphatic heterocycles. The first kappa shape index (κ1) is 16.5. The Balaban J connectivity index is 1.91. The van der Waals surface area contributed by atoms with Crippen molar-refractivity contribution < 1.29 is 9.45 Å². The van der Waals surface area contributed by atoms with Crippen LogP contribution in [-0.2, 0) is 0 Å². The van der Waals surface area contributed by atoms with E-state index in [1.54, 1.807) is 18.5 Å². The maximum Gasteiger partial charge on any atom is 0.311 e. The van der Waals surface area contributed by atoms with Crippen molar-refractivity contribution in [1.29, 1.82) is 0 Å². The summed E-state index contributed by atoms with van der Waals surface area (Å²) < 4.78 is 5.37. The van der Waals surface area contributed by atoms with E-state index in [-0.39, 0.29) is 17.4 Å². The summed E-state index contributed by atoms with van der Waals surface area (Å²) in [4.78, 5) is 23.2. The van der Waals surface area contributed by atoms with Crippen LogP contribution >= 0.6 is 0 Å². The molecule has 1 atom stereocenters. The van der Waals surface area contributed by atoms with E-state index in [2.05, 4.69) is 25.4 Å². The Hall–Kier alpha value is -3.36. The molecule has 1 unspecified atom stereocenters. The molecule has 128 valence electrons. The molecule has 0 fully saturated rings. The monoisotopic (exact) mass is 340 g/mol. The van der Waals surface area contributed by atoms with Gasteiger partial charge in [-0.05, 0) is 24.1 Å². The lowest BCUT2D eigenvalue weighted by molar-refractivity contribution is -0.384. The highest BCUT2D eigenvalue weighted by Crippen LogP contribution is 2.30. The molecule has 0 aliphatic carbocycles. The molecule has 0 amide bonds. The normalized spacial score (nSPS) is 12.1. The van der Waals surface area contributed by atoms with Gasteiger partial charge in [-0.2, -0.15) is 4.98 Å². The van der Waals surface area contributed by atoms with E-state index < -0.39 is 11.0 Å². The topological polar surface area (TPSA) is 120 Å². The van der Waals surface area contributed by atoms with Crippen LogP contribution in [0.1, 0.15) is 25.8 Å². The lowest BCUT2D eigenvalue weighted by atomic mass is 10.0. The number of nitro groups is 1. The number of rotatable bonds is 6. The van der Waals surface area contributed by atoms with Crippen LogP contribution < -0.4 is 5.32 Å². The zero-order valence-electron chi connectivity index (χ0n) is 13.7. The standard InChI is InChI=1S/C16H16N6O3/c1-10(2)13(19-15-12(22(23)24)6-4-8-18-15)16-20-14(21-25-16)11-5-3-7-17-9-11/h3-10,13H,1-2H3,(H,18,19). The molecule has 0 saturated heterocycles. The molecule has 0 bridgehead atoms. The van der Waals surface area contributed by atoms with Crippen LogP contribution in [0, 0.1) is 16.0 Å². The lowest BCUT2D eigenvalue weighted by Gasteiger charge is -2.18. The van der Waals surface area contributed by atoms with Crippen molar-refractivity contribution in [2.24, 2.45) is 5.92 Å². The van der Waals surface area contributed by atoms with Gasteiger partial charge in [0, 0.05) is 30.2 Å². The first-order valence-corrected chi connectivity index (χ1v) is 7.66. The van der Waals surface area contributed by atoms with E-state index in [1.807, 2.05) is 19.9 Å². The Morgan fingerprint density at radius 1 is 1.24 bits per heavy atom. The van der Waals surface area contributed by atoms with Gasteiger partial charge in [0.05, 0.1) is 4.92 Å². The largest absolute Gasteiger partial charge is 0.352 e. The molecule has 0 aromatic carbocycles. The van der Waals surface area contributed by atoms with Gasteiger partial charge in [-0.15, -0.1) is 0 Å². The Labute approximate surface area is 143 Å². The second-order valence-electron chi connectivity index (χ2n) is 5.69. The van der Waals surface area contributed by atoms with Crippen molar-refractivity contribution >= 4 is 11.5 Å². The predicted octanol–water partition coefficient (Wildman–Crippen LogP) is 3.24. The molecular weight excluding hydrogens is 324 g/mol. The van der Waals surface area contributed by atoms with Gasteiger partial charge in [-0.1, -0.05) is 19.0 Å². The van der Waals surface area contributed by atoms with Crippen molar-refractivity contribution in [2.45, 2.75) is 19.9 Å². The fraction of sp³-hybridized carbons (Fsp3) is 0.250. The average Bonchev–Trinajstić information content (AvgIpc) is 3.10. The first-order chi connectivity index (χ1) is 12.1. The smallest absolute Gasteiger partial charge is 0.311 e. The van der Waals surface area contributed by atoms with Crippen LogP contribution in [0.5, 0.6) is 0 Å². The minimum Gasteiger partial charge on any atom is -0.352 e. The summed E-state index contributed by atoms with van der Waals surface area (Å²) >= 11 is 0. The molecule has 25 heavy (non-hydrogen) atoms. The van der Waals surface area contributed by atoms with Crippen LogP contribution in [0.2, 0.25) is 0 Å². The fourth-order valence-corrected chi connectivity index (χ4v) is 2.29. The van der Waals surface area contributed by atoms with E-state index in [4.69, 9.17) is 4.52 Å². The minimum atomic E-state index is -0.485. The molecule has 1 N–H and O–H groups in total. The van der Waals surface area contributed by atoms with E-state index in [9.17, 15) is 10.1 Å². The van der Waals surface area contributed by atoms with Gasteiger partial charge in [-0.3, -0.25) is 15.1 Å². The SMILES string of the molecule is CC(C)C(Nc1ncccc1[N+](=O)[O-])c1nc(-c2cccnc2)no1. The van der Waals surface area contributed by atoms with Gasteiger partial charge < -0.3 is 9.84 Å². The molecule has 0 aliphatic rings.